The van der Waals surface area contributed by atoms with Gasteiger partial charge in [0.25, 0.3) is 6.85 Å². The lowest BCUT2D eigenvalue weighted by molar-refractivity contribution is 0.583. The van der Waals surface area contributed by atoms with Crippen molar-refractivity contribution in [2.75, 3.05) is 0 Å². The van der Waals surface area contributed by atoms with Gasteiger partial charge in [0.2, 0.25) is 0 Å². The normalized spacial score (nSPS) is 14.0. The van der Waals surface area contributed by atoms with Crippen molar-refractivity contribution in [3.8, 4) is 6.07 Å². The molecule has 1 aliphatic heterocycles. The fraction of sp³-hybridized carbons (Fsp3) is 0.167. The third kappa shape index (κ3) is 3.02. The maximum Gasteiger partial charge on any atom is 0.285 e. The molecule has 0 radical (unpaired) electrons. The average molecular weight is 315 g/mol. The smallest absolute Gasteiger partial charge is 0.285 e. The topological polar surface area (TPSA) is 57.2 Å². The third-order valence-electron chi connectivity index (χ3n) is 4.06. The van der Waals surface area contributed by atoms with E-state index in [0.717, 1.165) is 23.3 Å². The van der Waals surface area contributed by atoms with Gasteiger partial charge in [-0.3, -0.25) is 4.68 Å². The molecule has 1 aromatic carbocycles. The lowest BCUT2D eigenvalue weighted by atomic mass is 9.59. The summed E-state index contributed by atoms with van der Waals surface area (Å²) in [6, 6.07) is 14.3. The minimum absolute atomic E-state index is 0.104. The molecular weight excluding hydrogens is 297 g/mol. The van der Waals surface area contributed by atoms with E-state index in [2.05, 4.69) is 41.8 Å². The highest BCUT2D eigenvalue weighted by molar-refractivity contribution is 6.54. The first-order valence-corrected chi connectivity index (χ1v) is 7.81. The van der Waals surface area contributed by atoms with E-state index in [1.165, 1.54) is 5.56 Å². The number of hydrogen-bond donors (Lipinski definition) is 0. The van der Waals surface area contributed by atoms with Gasteiger partial charge in [0.15, 0.2) is 5.71 Å². The molecule has 3 rings (SSSR count). The number of hydrazone groups is 1. The second kappa shape index (κ2) is 6.59. The number of benzene rings is 1. The summed E-state index contributed by atoms with van der Waals surface area (Å²) in [4.78, 5) is 1.82. The Hall–Kier alpha value is -3.07. The lowest BCUT2D eigenvalue weighted by Gasteiger charge is -2.29. The quantitative estimate of drug-likeness (QED) is 0.815. The van der Waals surface area contributed by atoms with Gasteiger partial charge >= 0.3 is 0 Å². The van der Waals surface area contributed by atoms with Gasteiger partial charge in [-0.15, -0.1) is 0 Å². The van der Waals surface area contributed by atoms with Crippen LogP contribution in [0.15, 0.2) is 66.0 Å². The molecule has 0 bridgehead atoms. The Morgan fingerprint density at radius 3 is 2.62 bits per heavy atom. The highest BCUT2D eigenvalue weighted by Gasteiger charge is 2.26. The van der Waals surface area contributed by atoms with E-state index < -0.39 is 0 Å². The van der Waals surface area contributed by atoms with E-state index in [0.29, 0.717) is 5.71 Å². The van der Waals surface area contributed by atoms with Gasteiger partial charge in [-0.2, -0.15) is 15.5 Å². The number of hydrogen-bond acceptors (Lipinski definition) is 4. The minimum Gasteiger partial charge on any atom is -0.310 e. The maximum atomic E-state index is 9.52. The second-order valence-corrected chi connectivity index (χ2v) is 5.83. The summed E-state index contributed by atoms with van der Waals surface area (Å²) in [7, 11) is 1.85. The molecule has 0 saturated carbocycles. The molecule has 24 heavy (non-hydrogen) atoms. The molecule has 2 heterocycles. The summed E-state index contributed by atoms with van der Waals surface area (Å²) in [5.41, 5.74) is 3.99. The molecule has 5 nitrogen and oxygen atoms in total. The number of rotatable bonds is 4. The van der Waals surface area contributed by atoms with Gasteiger partial charge in [-0.25, -0.2) is 0 Å². The maximum absolute atomic E-state index is 9.52. The highest BCUT2D eigenvalue weighted by Crippen LogP contribution is 2.25. The molecule has 1 aliphatic rings. The van der Waals surface area contributed by atoms with E-state index in [9.17, 15) is 5.26 Å². The molecule has 6 heteroatoms. The predicted molar refractivity (Wildman–Crippen MR) is 97.0 cm³/mol. The Morgan fingerprint density at radius 1 is 1.25 bits per heavy atom. The first-order valence-electron chi connectivity index (χ1n) is 7.81. The van der Waals surface area contributed by atoms with Gasteiger partial charge in [-0.1, -0.05) is 49.3 Å². The van der Waals surface area contributed by atoms with Crippen molar-refractivity contribution in [3.05, 3.63) is 72.2 Å². The van der Waals surface area contributed by atoms with Gasteiger partial charge in [-0.05, 0) is 18.5 Å². The first kappa shape index (κ1) is 15.8. The molecule has 2 aromatic rings. The van der Waals surface area contributed by atoms with Crippen molar-refractivity contribution in [1.82, 2.24) is 14.7 Å². The van der Waals surface area contributed by atoms with Crippen LogP contribution in [0.3, 0.4) is 0 Å². The van der Waals surface area contributed by atoms with E-state index in [1.54, 1.807) is 10.9 Å². The summed E-state index contributed by atoms with van der Waals surface area (Å²) >= 11 is 0. The molecule has 0 aliphatic carbocycles. The van der Waals surface area contributed by atoms with Crippen LogP contribution in [0.1, 0.15) is 11.3 Å². The summed E-state index contributed by atoms with van der Waals surface area (Å²) < 4.78 is 1.73. The fourth-order valence-electron chi connectivity index (χ4n) is 2.87. The molecule has 0 atom stereocenters. The van der Waals surface area contributed by atoms with Crippen LogP contribution >= 0.6 is 0 Å². The number of aromatic nitrogens is 2. The van der Waals surface area contributed by atoms with Gasteiger partial charge in [0, 0.05) is 24.5 Å². The largest absolute Gasteiger partial charge is 0.310 e. The zero-order valence-electron chi connectivity index (χ0n) is 13.8. The number of aryl methyl sites for hydroxylation is 1. The zero-order chi connectivity index (χ0) is 17.1. The zero-order valence-corrected chi connectivity index (χ0v) is 13.8. The van der Waals surface area contributed by atoms with Crippen LogP contribution in [0.2, 0.25) is 6.82 Å². The van der Waals surface area contributed by atoms with Crippen LogP contribution in [-0.2, 0) is 13.4 Å². The van der Waals surface area contributed by atoms with Gasteiger partial charge in [0.1, 0.15) is 6.07 Å². The molecule has 0 unspecified atom stereocenters. The van der Waals surface area contributed by atoms with E-state index in [-0.39, 0.29) is 6.85 Å². The molecule has 0 spiro atoms. The molecule has 0 saturated heterocycles. The number of allylic oxidation sites excluding steroid dienone is 2. The summed E-state index contributed by atoms with van der Waals surface area (Å²) in [6.45, 7) is 6.31. The van der Waals surface area contributed by atoms with Crippen molar-refractivity contribution in [2.45, 2.75) is 13.1 Å². The monoisotopic (exact) mass is 315 g/mol. The van der Waals surface area contributed by atoms with Crippen molar-refractivity contribution in [3.63, 3.8) is 0 Å². The van der Waals surface area contributed by atoms with Crippen LogP contribution in [0, 0.1) is 11.3 Å². The van der Waals surface area contributed by atoms with Crippen molar-refractivity contribution >= 4 is 18.1 Å². The summed E-state index contributed by atoms with van der Waals surface area (Å²) in [6.07, 6.45) is 4.44. The molecular formula is C18H18BN5. The lowest BCUT2D eigenvalue weighted by Crippen LogP contribution is -2.36. The second-order valence-electron chi connectivity index (χ2n) is 5.83. The minimum atomic E-state index is 0.104. The predicted octanol–water partition coefficient (Wildman–Crippen LogP) is 2.92. The van der Waals surface area contributed by atoms with Crippen LogP contribution in [0.5, 0.6) is 0 Å². The highest BCUT2D eigenvalue weighted by atomic mass is 15.4. The van der Waals surface area contributed by atoms with Crippen LogP contribution < -0.4 is 0 Å². The Morgan fingerprint density at radius 2 is 2.00 bits per heavy atom. The van der Waals surface area contributed by atoms with E-state index >= 15 is 0 Å². The Labute approximate surface area is 142 Å². The Bertz CT molecular complexity index is 857. The fourth-order valence-corrected chi connectivity index (χ4v) is 2.87. The van der Waals surface area contributed by atoms with Crippen LogP contribution in [0.4, 0.5) is 0 Å². The SMILES string of the molecule is C=C1C=C(c2ccnn2C)C(C#N)=NN1B(C)Cc1ccccc1. The van der Waals surface area contributed by atoms with Crippen molar-refractivity contribution in [1.29, 1.82) is 5.26 Å². The summed E-state index contributed by atoms with van der Waals surface area (Å²) in [5.74, 6) is 0. The summed E-state index contributed by atoms with van der Waals surface area (Å²) in [5, 5.41) is 18.2. The molecule has 0 fully saturated rings. The van der Waals surface area contributed by atoms with Gasteiger partial charge < -0.3 is 4.92 Å². The van der Waals surface area contributed by atoms with E-state index in [4.69, 9.17) is 0 Å². The van der Waals surface area contributed by atoms with Crippen LogP contribution in [-0.4, -0.2) is 27.3 Å². The third-order valence-corrected chi connectivity index (χ3v) is 4.06. The molecule has 0 N–H and O–H groups in total. The number of nitriles is 1. The standard InChI is InChI=1S/C18H18BN5/c1-14-11-16(18-9-10-21-23(18)3)17(13-20)22-24(14)19(2)12-15-7-5-4-6-8-15/h4-11H,1,12H2,2-3H3. The van der Waals surface area contributed by atoms with Crippen molar-refractivity contribution < 1.29 is 0 Å². The molecule has 1 aromatic heterocycles. The van der Waals surface area contributed by atoms with Crippen LogP contribution in [0.25, 0.3) is 5.57 Å². The first-order chi connectivity index (χ1) is 11.6. The van der Waals surface area contributed by atoms with E-state index in [1.807, 2.05) is 42.3 Å². The molecule has 118 valence electrons. The molecule has 0 amide bonds. The Balaban J connectivity index is 1.87. The van der Waals surface area contributed by atoms with Crippen molar-refractivity contribution in [2.24, 2.45) is 12.1 Å². The number of nitrogens with zero attached hydrogens (tertiary/aromatic N) is 5. The Kier molecular flexibility index (Phi) is 4.34. The average Bonchev–Trinajstić information content (AvgIpc) is 3.01. The van der Waals surface area contributed by atoms with Gasteiger partial charge in [0.05, 0.1) is 5.69 Å².